The number of nitrogens with zero attached hydrogens (tertiary/aromatic N) is 4. The van der Waals surface area contributed by atoms with Crippen LogP contribution in [0.2, 0.25) is 0 Å². The van der Waals surface area contributed by atoms with Gasteiger partial charge in [0.15, 0.2) is 0 Å². The Kier molecular flexibility index (Phi) is 11.3. The number of pyridine rings is 1. The summed E-state index contributed by atoms with van der Waals surface area (Å²) in [5.74, 6) is -0.191. The van der Waals surface area contributed by atoms with Gasteiger partial charge < -0.3 is 24.7 Å². The lowest BCUT2D eigenvalue weighted by Crippen LogP contribution is -2.47. The SMILES string of the molecule is CC1(C)CCC(CN2CCN(c3ccc(C(=O)NS(=O)(=O)c4ccc(NCC5CCOCC5)c([N+](=O)[O-])c4)c(Oc4cnc5[nH]ccc5c4)c3)CC2)=C(Cl)C1. The highest BCUT2D eigenvalue weighted by atomic mass is 35.5. The fourth-order valence-electron chi connectivity index (χ4n) is 7.36. The van der Waals surface area contributed by atoms with Crippen LogP contribution in [0.25, 0.3) is 11.0 Å². The Labute approximate surface area is 325 Å². The number of fused-ring (bicyclic) bond motifs is 1. The maximum atomic E-state index is 13.8. The molecule has 2 fully saturated rings. The van der Waals surface area contributed by atoms with Gasteiger partial charge in [-0.05, 0) is 85.4 Å². The molecular formula is C39H46ClN7O7S. The molecule has 0 radical (unpaired) electrons. The number of hydrogen-bond donors (Lipinski definition) is 3. The summed E-state index contributed by atoms with van der Waals surface area (Å²) in [6.45, 7) is 10.2. The average molecular weight is 792 g/mol. The molecule has 2 aliphatic heterocycles. The van der Waals surface area contributed by atoms with Crippen LogP contribution in [0.3, 0.4) is 0 Å². The summed E-state index contributed by atoms with van der Waals surface area (Å²) >= 11 is 6.72. The highest BCUT2D eigenvalue weighted by molar-refractivity contribution is 7.90. The number of sulfonamides is 1. The molecule has 292 valence electrons. The number of anilines is 2. The number of hydrogen-bond acceptors (Lipinski definition) is 11. The van der Waals surface area contributed by atoms with E-state index >= 15 is 0 Å². The van der Waals surface area contributed by atoms with Crippen molar-refractivity contribution in [2.24, 2.45) is 11.3 Å². The molecule has 7 rings (SSSR count). The first-order valence-electron chi connectivity index (χ1n) is 18.6. The maximum Gasteiger partial charge on any atom is 0.293 e. The molecule has 4 aromatic rings. The zero-order valence-corrected chi connectivity index (χ0v) is 32.5. The number of nitro benzene ring substituents is 1. The molecule has 2 saturated heterocycles. The van der Waals surface area contributed by atoms with Crippen molar-refractivity contribution in [3.63, 3.8) is 0 Å². The smallest absolute Gasteiger partial charge is 0.293 e. The first-order chi connectivity index (χ1) is 26.3. The zero-order valence-electron chi connectivity index (χ0n) is 31.0. The molecule has 3 N–H and O–H groups in total. The standard InChI is InChI=1S/C39H46ClN7O7S/c1-39(2)11-7-28(33(40)22-39)25-45-13-15-46(16-14-45)29-3-5-32(36(20-29)54-30-19-27-8-12-41-37(27)43-24-30)38(48)44-55(51,52)31-4-6-34(35(21-31)47(49)50)42-23-26-9-17-53-18-10-26/h3-6,8,12,19-21,24,26,42H,7,9-11,13-18,22-23,25H2,1-2H3,(H,41,43)(H,44,48). The molecule has 0 spiro atoms. The molecule has 14 nitrogen and oxygen atoms in total. The lowest BCUT2D eigenvalue weighted by atomic mass is 9.78. The minimum atomic E-state index is -4.54. The second-order valence-electron chi connectivity index (χ2n) is 15.3. The molecule has 1 aliphatic carbocycles. The fourth-order valence-corrected chi connectivity index (χ4v) is 8.86. The minimum Gasteiger partial charge on any atom is -0.455 e. The molecule has 0 unspecified atom stereocenters. The number of piperazine rings is 1. The van der Waals surface area contributed by atoms with Gasteiger partial charge in [-0.1, -0.05) is 25.4 Å². The van der Waals surface area contributed by atoms with Gasteiger partial charge in [0.1, 0.15) is 22.8 Å². The van der Waals surface area contributed by atoms with Crippen molar-refractivity contribution in [3.8, 4) is 11.5 Å². The predicted octanol–water partition coefficient (Wildman–Crippen LogP) is 7.05. The molecule has 55 heavy (non-hydrogen) atoms. The van der Waals surface area contributed by atoms with Gasteiger partial charge in [-0.2, -0.15) is 0 Å². The number of halogens is 1. The molecule has 16 heteroatoms. The van der Waals surface area contributed by atoms with E-state index in [2.05, 4.69) is 43.7 Å². The Hall–Kier alpha value is -4.70. The topological polar surface area (TPSA) is 172 Å². The van der Waals surface area contributed by atoms with E-state index in [4.69, 9.17) is 21.1 Å². The number of ether oxygens (including phenoxy) is 2. The highest BCUT2D eigenvalue weighted by Crippen LogP contribution is 2.41. The second kappa shape index (κ2) is 16.2. The van der Waals surface area contributed by atoms with E-state index in [0.717, 1.165) is 87.0 Å². The van der Waals surface area contributed by atoms with E-state index in [-0.39, 0.29) is 28.3 Å². The molecule has 0 saturated carbocycles. The summed E-state index contributed by atoms with van der Waals surface area (Å²) < 4.78 is 40.9. The minimum absolute atomic E-state index is 0.0359. The van der Waals surface area contributed by atoms with Crippen molar-refractivity contribution < 1.29 is 27.6 Å². The van der Waals surface area contributed by atoms with Crippen LogP contribution in [0, 0.1) is 21.4 Å². The van der Waals surface area contributed by atoms with E-state index < -0.39 is 31.4 Å². The number of aromatic amines is 1. The molecular weight excluding hydrogens is 746 g/mol. The van der Waals surface area contributed by atoms with Gasteiger partial charge >= 0.3 is 0 Å². The first kappa shape index (κ1) is 38.6. The van der Waals surface area contributed by atoms with Crippen molar-refractivity contribution in [2.75, 3.05) is 62.7 Å². The molecule has 3 aliphatic rings. The number of amides is 1. The number of nitro groups is 1. The molecule has 0 atom stereocenters. The normalized spacial score (nSPS) is 18.3. The Morgan fingerprint density at radius 3 is 2.64 bits per heavy atom. The molecule has 1 amide bonds. The van der Waals surface area contributed by atoms with Crippen LogP contribution in [0.5, 0.6) is 11.5 Å². The van der Waals surface area contributed by atoms with E-state index in [9.17, 15) is 23.3 Å². The molecule has 2 aromatic carbocycles. The van der Waals surface area contributed by atoms with Crippen LogP contribution in [0.1, 0.15) is 56.3 Å². The van der Waals surface area contributed by atoms with Gasteiger partial charge in [-0.15, -0.1) is 0 Å². The summed E-state index contributed by atoms with van der Waals surface area (Å²) in [5.41, 5.74) is 2.76. The summed E-state index contributed by atoms with van der Waals surface area (Å²) in [6.07, 6.45) is 7.96. The Morgan fingerprint density at radius 1 is 1.11 bits per heavy atom. The van der Waals surface area contributed by atoms with Crippen molar-refractivity contribution in [1.29, 1.82) is 0 Å². The summed E-state index contributed by atoms with van der Waals surface area (Å²) in [7, 11) is -4.54. The number of nitrogens with one attached hydrogen (secondary N) is 3. The van der Waals surface area contributed by atoms with Crippen LogP contribution in [-0.2, 0) is 14.8 Å². The van der Waals surface area contributed by atoms with Crippen LogP contribution in [0.4, 0.5) is 17.1 Å². The Balaban J connectivity index is 1.09. The quantitative estimate of drug-likeness (QED) is 0.0992. The third-order valence-electron chi connectivity index (χ3n) is 10.7. The maximum absolute atomic E-state index is 13.8. The number of H-pyrrole nitrogens is 1. The third-order valence-corrected chi connectivity index (χ3v) is 12.4. The second-order valence-corrected chi connectivity index (χ2v) is 17.4. The molecule has 0 bridgehead atoms. The summed E-state index contributed by atoms with van der Waals surface area (Å²) in [5, 5.41) is 16.9. The van der Waals surface area contributed by atoms with Crippen molar-refractivity contribution in [3.05, 3.63) is 87.2 Å². The number of allylic oxidation sites excluding steroid dienone is 1. The van der Waals surface area contributed by atoms with Crippen LogP contribution < -0.4 is 19.7 Å². The molecule has 4 heterocycles. The number of rotatable bonds is 12. The largest absolute Gasteiger partial charge is 0.455 e. The van der Waals surface area contributed by atoms with Gasteiger partial charge in [-0.25, -0.2) is 18.1 Å². The lowest BCUT2D eigenvalue weighted by Gasteiger charge is -2.38. The Bertz CT molecular complexity index is 2210. The van der Waals surface area contributed by atoms with Gasteiger partial charge in [0.2, 0.25) is 0 Å². The zero-order chi connectivity index (χ0) is 38.7. The van der Waals surface area contributed by atoms with Gasteiger partial charge in [0.25, 0.3) is 21.6 Å². The van der Waals surface area contributed by atoms with Gasteiger partial charge in [-0.3, -0.25) is 19.8 Å². The van der Waals surface area contributed by atoms with Crippen LogP contribution >= 0.6 is 11.6 Å². The summed E-state index contributed by atoms with van der Waals surface area (Å²) in [4.78, 5) is 36.8. The summed E-state index contributed by atoms with van der Waals surface area (Å²) in [6, 6.07) is 12.2. The van der Waals surface area contributed by atoms with E-state index in [1.165, 1.54) is 30.0 Å². The number of carbonyl (C=O) groups is 1. The molecule has 2 aromatic heterocycles. The van der Waals surface area contributed by atoms with Crippen LogP contribution in [0.15, 0.2) is 76.4 Å². The van der Waals surface area contributed by atoms with Crippen LogP contribution in [-0.4, -0.2) is 86.6 Å². The van der Waals surface area contributed by atoms with Crippen molar-refractivity contribution in [1.82, 2.24) is 19.6 Å². The fraction of sp³-hybridized carbons (Fsp3) is 0.436. The highest BCUT2D eigenvalue weighted by Gasteiger charge is 2.29. The van der Waals surface area contributed by atoms with Crippen molar-refractivity contribution >= 4 is 55.6 Å². The Morgan fingerprint density at radius 2 is 1.89 bits per heavy atom. The van der Waals surface area contributed by atoms with E-state index in [1.54, 1.807) is 24.4 Å². The lowest BCUT2D eigenvalue weighted by molar-refractivity contribution is -0.384. The third kappa shape index (κ3) is 9.23. The first-order valence-corrected chi connectivity index (χ1v) is 20.5. The average Bonchev–Trinajstić information content (AvgIpc) is 3.63. The van der Waals surface area contributed by atoms with Gasteiger partial charge in [0.05, 0.1) is 21.6 Å². The van der Waals surface area contributed by atoms with E-state index in [0.29, 0.717) is 31.2 Å². The van der Waals surface area contributed by atoms with E-state index in [1.807, 2.05) is 6.07 Å². The monoisotopic (exact) mass is 791 g/mol. The number of benzene rings is 2. The predicted molar refractivity (Wildman–Crippen MR) is 212 cm³/mol. The van der Waals surface area contributed by atoms with Gasteiger partial charge in [0, 0.05) is 86.9 Å². The number of carbonyl (C=O) groups excluding carboxylic acids is 1. The van der Waals surface area contributed by atoms with Crippen molar-refractivity contribution in [2.45, 2.75) is 50.8 Å². The number of aromatic nitrogens is 2.